The summed E-state index contributed by atoms with van der Waals surface area (Å²) in [6, 6.07) is 8.42. The number of ether oxygens (including phenoxy) is 2. The second-order valence-corrected chi connectivity index (χ2v) is 6.83. The SMILES string of the molecule is CC(C)CC(C)(C)Cc1ccc(OCCOCCN)cc1.Cl. The fourth-order valence-electron chi connectivity index (χ4n) is 2.84. The molecule has 0 aliphatic rings. The third kappa shape index (κ3) is 9.29. The van der Waals surface area contributed by atoms with Crippen LogP contribution in [0.3, 0.4) is 0 Å². The highest BCUT2D eigenvalue weighted by atomic mass is 35.5. The van der Waals surface area contributed by atoms with Crippen molar-refractivity contribution >= 4 is 12.4 Å². The van der Waals surface area contributed by atoms with Crippen molar-refractivity contribution in [2.75, 3.05) is 26.4 Å². The Morgan fingerprint density at radius 2 is 1.68 bits per heavy atom. The van der Waals surface area contributed by atoms with Gasteiger partial charge in [0.1, 0.15) is 12.4 Å². The fraction of sp³-hybridized carbons (Fsp3) is 0.667. The van der Waals surface area contributed by atoms with Crippen LogP contribution in [-0.4, -0.2) is 26.4 Å². The molecule has 0 fully saturated rings. The van der Waals surface area contributed by atoms with E-state index < -0.39 is 0 Å². The molecule has 1 rings (SSSR count). The van der Waals surface area contributed by atoms with Crippen LogP contribution < -0.4 is 10.5 Å². The Labute approximate surface area is 142 Å². The van der Waals surface area contributed by atoms with Crippen molar-refractivity contribution in [2.24, 2.45) is 17.1 Å². The molecule has 0 saturated carbocycles. The van der Waals surface area contributed by atoms with Gasteiger partial charge in [0.2, 0.25) is 0 Å². The zero-order valence-corrected chi connectivity index (χ0v) is 15.2. The monoisotopic (exact) mass is 329 g/mol. The normalized spacial score (nSPS) is 11.4. The van der Waals surface area contributed by atoms with Crippen molar-refractivity contribution in [2.45, 2.75) is 40.5 Å². The van der Waals surface area contributed by atoms with Gasteiger partial charge in [0.25, 0.3) is 0 Å². The Morgan fingerprint density at radius 1 is 1.05 bits per heavy atom. The van der Waals surface area contributed by atoms with E-state index >= 15 is 0 Å². The summed E-state index contributed by atoms with van der Waals surface area (Å²) in [6.45, 7) is 11.5. The topological polar surface area (TPSA) is 44.5 Å². The lowest BCUT2D eigenvalue weighted by Crippen LogP contribution is -2.17. The summed E-state index contributed by atoms with van der Waals surface area (Å²) in [7, 11) is 0. The lowest BCUT2D eigenvalue weighted by molar-refractivity contribution is 0.106. The van der Waals surface area contributed by atoms with Gasteiger partial charge in [-0.2, -0.15) is 0 Å². The fourth-order valence-corrected chi connectivity index (χ4v) is 2.84. The van der Waals surface area contributed by atoms with E-state index in [1.54, 1.807) is 0 Å². The van der Waals surface area contributed by atoms with Gasteiger partial charge in [0.05, 0.1) is 13.2 Å². The first-order chi connectivity index (χ1) is 9.93. The lowest BCUT2D eigenvalue weighted by Gasteiger charge is -2.26. The van der Waals surface area contributed by atoms with E-state index in [1.165, 1.54) is 12.0 Å². The zero-order valence-electron chi connectivity index (χ0n) is 14.4. The van der Waals surface area contributed by atoms with Crippen LogP contribution in [0.5, 0.6) is 5.75 Å². The molecule has 0 aliphatic heterocycles. The Bertz CT molecular complexity index is 391. The van der Waals surface area contributed by atoms with Gasteiger partial charge in [-0.25, -0.2) is 0 Å². The third-order valence-corrected chi connectivity index (χ3v) is 3.33. The highest BCUT2D eigenvalue weighted by Crippen LogP contribution is 2.30. The Morgan fingerprint density at radius 3 is 2.23 bits per heavy atom. The van der Waals surface area contributed by atoms with Gasteiger partial charge in [-0.1, -0.05) is 39.8 Å². The molecule has 0 atom stereocenters. The molecule has 1 aromatic rings. The molecule has 2 N–H and O–H groups in total. The third-order valence-electron chi connectivity index (χ3n) is 3.33. The van der Waals surface area contributed by atoms with Gasteiger partial charge >= 0.3 is 0 Å². The number of rotatable bonds is 10. The Kier molecular flexibility index (Phi) is 10.5. The molecule has 128 valence electrons. The van der Waals surface area contributed by atoms with E-state index in [0.717, 1.165) is 18.1 Å². The maximum absolute atomic E-state index is 5.64. The molecule has 0 spiro atoms. The van der Waals surface area contributed by atoms with Crippen molar-refractivity contribution in [3.05, 3.63) is 29.8 Å². The van der Waals surface area contributed by atoms with Crippen molar-refractivity contribution in [3.8, 4) is 5.75 Å². The smallest absolute Gasteiger partial charge is 0.119 e. The molecular weight excluding hydrogens is 298 g/mol. The minimum atomic E-state index is 0. The summed E-state index contributed by atoms with van der Waals surface area (Å²) in [5, 5.41) is 0. The van der Waals surface area contributed by atoms with E-state index in [0.29, 0.717) is 31.8 Å². The summed E-state index contributed by atoms with van der Waals surface area (Å²) >= 11 is 0. The summed E-state index contributed by atoms with van der Waals surface area (Å²) in [5.41, 5.74) is 7.06. The number of hydrogen-bond donors (Lipinski definition) is 1. The van der Waals surface area contributed by atoms with Crippen LogP contribution >= 0.6 is 12.4 Å². The molecule has 1 aromatic carbocycles. The first-order valence-corrected chi connectivity index (χ1v) is 7.92. The first kappa shape index (κ1) is 21.2. The zero-order chi connectivity index (χ0) is 15.7. The number of hydrogen-bond acceptors (Lipinski definition) is 3. The molecule has 0 aliphatic carbocycles. The van der Waals surface area contributed by atoms with Gasteiger partial charge in [-0.3, -0.25) is 0 Å². The molecule has 0 bridgehead atoms. The molecule has 0 unspecified atom stereocenters. The maximum atomic E-state index is 5.64. The van der Waals surface area contributed by atoms with Crippen LogP contribution in [0.1, 0.15) is 39.7 Å². The molecule has 22 heavy (non-hydrogen) atoms. The predicted octanol–water partition coefficient (Wildman–Crippen LogP) is 4.08. The summed E-state index contributed by atoms with van der Waals surface area (Å²) in [5.74, 6) is 1.63. The van der Waals surface area contributed by atoms with E-state index in [9.17, 15) is 0 Å². The lowest BCUT2D eigenvalue weighted by atomic mass is 9.79. The quantitative estimate of drug-likeness (QED) is 0.658. The summed E-state index contributed by atoms with van der Waals surface area (Å²) in [4.78, 5) is 0. The second-order valence-electron chi connectivity index (χ2n) is 6.83. The van der Waals surface area contributed by atoms with Gasteiger partial charge < -0.3 is 15.2 Å². The standard InChI is InChI=1S/C18H31NO2.ClH/c1-15(2)13-18(3,4)14-16-5-7-17(8-6-16)21-12-11-20-10-9-19;/h5-8,15H,9-14,19H2,1-4H3;1H. The van der Waals surface area contributed by atoms with Crippen molar-refractivity contribution in [1.82, 2.24) is 0 Å². The van der Waals surface area contributed by atoms with Gasteiger partial charge in [-0.15, -0.1) is 12.4 Å². The van der Waals surface area contributed by atoms with Crippen LogP contribution in [-0.2, 0) is 11.2 Å². The van der Waals surface area contributed by atoms with Crippen LogP contribution in [0, 0.1) is 11.3 Å². The molecule has 0 heterocycles. The van der Waals surface area contributed by atoms with Gasteiger partial charge in [0, 0.05) is 6.54 Å². The molecule has 0 radical (unpaired) electrons. The number of halogens is 1. The minimum absolute atomic E-state index is 0. The Hall–Kier alpha value is -0.770. The van der Waals surface area contributed by atoms with Crippen molar-refractivity contribution in [3.63, 3.8) is 0 Å². The van der Waals surface area contributed by atoms with Crippen molar-refractivity contribution < 1.29 is 9.47 Å². The minimum Gasteiger partial charge on any atom is -0.491 e. The largest absolute Gasteiger partial charge is 0.491 e. The number of benzene rings is 1. The molecule has 4 heteroatoms. The van der Waals surface area contributed by atoms with Crippen LogP contribution in [0.15, 0.2) is 24.3 Å². The van der Waals surface area contributed by atoms with E-state index in [2.05, 4.69) is 39.8 Å². The van der Waals surface area contributed by atoms with Crippen molar-refractivity contribution in [1.29, 1.82) is 0 Å². The average Bonchev–Trinajstić information content (AvgIpc) is 2.38. The molecule has 0 aromatic heterocycles. The highest BCUT2D eigenvalue weighted by Gasteiger charge is 2.19. The van der Waals surface area contributed by atoms with Crippen LogP contribution in [0.2, 0.25) is 0 Å². The summed E-state index contributed by atoms with van der Waals surface area (Å²) < 4.78 is 10.9. The second kappa shape index (κ2) is 10.9. The predicted molar refractivity (Wildman–Crippen MR) is 96.0 cm³/mol. The molecule has 0 saturated heterocycles. The summed E-state index contributed by atoms with van der Waals surface area (Å²) in [6.07, 6.45) is 2.34. The van der Waals surface area contributed by atoms with E-state index in [4.69, 9.17) is 15.2 Å². The van der Waals surface area contributed by atoms with E-state index in [-0.39, 0.29) is 12.4 Å². The van der Waals surface area contributed by atoms with E-state index in [1.807, 2.05) is 12.1 Å². The number of nitrogens with two attached hydrogens (primary N) is 1. The highest BCUT2D eigenvalue weighted by molar-refractivity contribution is 5.85. The van der Waals surface area contributed by atoms with Gasteiger partial charge in [0.15, 0.2) is 0 Å². The van der Waals surface area contributed by atoms with Crippen LogP contribution in [0.4, 0.5) is 0 Å². The first-order valence-electron chi connectivity index (χ1n) is 7.92. The van der Waals surface area contributed by atoms with Crippen LogP contribution in [0.25, 0.3) is 0 Å². The maximum Gasteiger partial charge on any atom is 0.119 e. The average molecular weight is 330 g/mol. The van der Waals surface area contributed by atoms with Gasteiger partial charge in [-0.05, 0) is 41.9 Å². The molecular formula is C18H32ClNO2. The molecule has 0 amide bonds. The Balaban J connectivity index is 0.00000441. The molecule has 3 nitrogen and oxygen atoms in total.